The van der Waals surface area contributed by atoms with Gasteiger partial charge >= 0.3 is 13.8 Å². The molecule has 2 atom stereocenters. The molecule has 222 valence electrons. The molecule has 0 aromatic carbocycles. The molecule has 0 saturated carbocycles. The number of rotatable bonds is 26. The Balaban J connectivity index is 3.64. The van der Waals surface area contributed by atoms with Gasteiger partial charge in [-0.05, 0) is 44.9 Å². The summed E-state index contributed by atoms with van der Waals surface area (Å²) < 4.78 is 26.2. The Labute approximate surface area is 230 Å². The molecule has 2 unspecified atom stereocenters. The molecule has 0 rings (SSSR count). The number of carbonyl (C=O) groups excluding carboxylic acids is 2. The fraction of sp³-hybridized carbons (Fsp3) is 0.786. The number of amides is 1. The molecular formula is C28H52NO8P. The molecule has 0 bridgehead atoms. The third-order valence-electron chi connectivity index (χ3n) is 5.60. The summed E-state index contributed by atoms with van der Waals surface area (Å²) in [6.07, 6.45) is 22.5. The number of aliphatic hydroxyl groups is 1. The average Bonchev–Trinajstić information content (AvgIpc) is 2.88. The lowest BCUT2D eigenvalue weighted by Crippen LogP contribution is -2.27. The van der Waals surface area contributed by atoms with E-state index in [-0.39, 0.29) is 32.1 Å². The smallest absolute Gasteiger partial charge is 0.463 e. The van der Waals surface area contributed by atoms with Crippen molar-refractivity contribution in [3.05, 3.63) is 24.3 Å². The van der Waals surface area contributed by atoms with Gasteiger partial charge in [0.1, 0.15) is 12.7 Å². The van der Waals surface area contributed by atoms with Crippen molar-refractivity contribution in [2.24, 2.45) is 0 Å². The van der Waals surface area contributed by atoms with E-state index in [0.717, 1.165) is 44.9 Å². The number of unbranched alkanes of at least 4 members (excludes halogenated alkanes) is 9. The predicted octanol–water partition coefficient (Wildman–Crippen LogP) is 6.14. The standard InChI is InChI=1S/C28H52NO8P/c1-3-5-6-7-8-9-10-11-12-13-14-15-16-17-18-19-21-28(32)35-24-26(30)25-37-38(33,34)36-23-22-29-27(31)20-4-2/h9-10,12-13,26,30H,3-8,11,14-25H2,1-2H3,(H,29,31)(H,33,34)/b10-9-,13-12-. The third-order valence-corrected chi connectivity index (χ3v) is 6.59. The molecule has 0 fully saturated rings. The molecule has 0 aliphatic heterocycles. The number of phosphoric ester groups is 1. The molecule has 38 heavy (non-hydrogen) atoms. The van der Waals surface area contributed by atoms with Gasteiger partial charge in [-0.2, -0.15) is 0 Å². The van der Waals surface area contributed by atoms with Crippen LogP contribution in [0.15, 0.2) is 24.3 Å². The van der Waals surface area contributed by atoms with Gasteiger partial charge in [-0.3, -0.25) is 18.6 Å². The number of aliphatic hydroxyl groups excluding tert-OH is 1. The van der Waals surface area contributed by atoms with Crippen molar-refractivity contribution in [3.8, 4) is 0 Å². The minimum absolute atomic E-state index is 0.0706. The first-order chi connectivity index (χ1) is 18.3. The van der Waals surface area contributed by atoms with Crippen LogP contribution in [0.1, 0.15) is 110 Å². The van der Waals surface area contributed by atoms with Crippen LogP contribution in [0.4, 0.5) is 0 Å². The molecule has 9 nitrogen and oxygen atoms in total. The van der Waals surface area contributed by atoms with Crippen molar-refractivity contribution in [2.45, 2.75) is 116 Å². The Morgan fingerprint density at radius 3 is 2.11 bits per heavy atom. The second-order valence-corrected chi connectivity index (χ2v) is 10.8. The van der Waals surface area contributed by atoms with E-state index >= 15 is 0 Å². The number of hydrogen-bond acceptors (Lipinski definition) is 7. The van der Waals surface area contributed by atoms with E-state index in [1.807, 2.05) is 6.92 Å². The highest BCUT2D eigenvalue weighted by Gasteiger charge is 2.23. The van der Waals surface area contributed by atoms with Gasteiger partial charge in [0.05, 0.1) is 13.2 Å². The summed E-state index contributed by atoms with van der Waals surface area (Å²) in [7, 11) is -4.38. The summed E-state index contributed by atoms with van der Waals surface area (Å²) in [6.45, 7) is 3.11. The molecule has 0 aliphatic carbocycles. The van der Waals surface area contributed by atoms with E-state index in [1.54, 1.807) is 0 Å². The van der Waals surface area contributed by atoms with Gasteiger partial charge in [0.15, 0.2) is 0 Å². The van der Waals surface area contributed by atoms with E-state index in [9.17, 15) is 24.2 Å². The van der Waals surface area contributed by atoms with Crippen molar-refractivity contribution < 1.29 is 37.9 Å². The van der Waals surface area contributed by atoms with E-state index in [1.165, 1.54) is 32.1 Å². The number of allylic oxidation sites excluding steroid dienone is 4. The molecule has 0 aliphatic rings. The second kappa shape index (κ2) is 25.8. The van der Waals surface area contributed by atoms with Crippen LogP contribution in [0.3, 0.4) is 0 Å². The van der Waals surface area contributed by atoms with Crippen molar-refractivity contribution in [1.29, 1.82) is 0 Å². The molecule has 1 amide bonds. The van der Waals surface area contributed by atoms with Crippen LogP contribution in [0.2, 0.25) is 0 Å². The highest BCUT2D eigenvalue weighted by Crippen LogP contribution is 2.42. The lowest BCUT2D eigenvalue weighted by Gasteiger charge is -2.15. The maximum atomic E-state index is 11.8. The monoisotopic (exact) mass is 561 g/mol. The number of esters is 1. The Kier molecular flexibility index (Phi) is 24.7. The zero-order valence-electron chi connectivity index (χ0n) is 23.6. The van der Waals surface area contributed by atoms with E-state index in [4.69, 9.17) is 13.8 Å². The molecule has 10 heteroatoms. The number of hydrogen-bond donors (Lipinski definition) is 3. The summed E-state index contributed by atoms with van der Waals surface area (Å²) in [5.41, 5.74) is 0. The average molecular weight is 562 g/mol. The fourth-order valence-electron chi connectivity index (χ4n) is 3.45. The summed E-state index contributed by atoms with van der Waals surface area (Å²) in [5, 5.41) is 12.4. The zero-order chi connectivity index (χ0) is 28.3. The topological polar surface area (TPSA) is 131 Å². The number of phosphoric acid groups is 1. The quantitative estimate of drug-likeness (QED) is 0.0496. The van der Waals surface area contributed by atoms with Crippen LogP contribution in [-0.4, -0.2) is 54.3 Å². The summed E-state index contributed by atoms with van der Waals surface area (Å²) in [6, 6.07) is 0. The maximum absolute atomic E-state index is 11.8. The first kappa shape index (κ1) is 36.5. The Hall–Kier alpha value is -1.51. The van der Waals surface area contributed by atoms with Gasteiger partial charge in [0, 0.05) is 19.4 Å². The first-order valence-electron chi connectivity index (χ1n) is 14.3. The molecule has 0 radical (unpaired) electrons. The molecule has 0 heterocycles. The van der Waals surface area contributed by atoms with Gasteiger partial charge < -0.3 is 20.1 Å². The molecule has 0 saturated heterocycles. The summed E-state index contributed by atoms with van der Waals surface area (Å²) >= 11 is 0. The minimum atomic E-state index is -4.38. The number of nitrogens with one attached hydrogen (secondary N) is 1. The van der Waals surface area contributed by atoms with Crippen LogP contribution < -0.4 is 5.32 Å². The second-order valence-electron chi connectivity index (χ2n) is 9.37. The maximum Gasteiger partial charge on any atom is 0.472 e. The number of ether oxygens (including phenoxy) is 1. The minimum Gasteiger partial charge on any atom is -0.463 e. The Morgan fingerprint density at radius 2 is 1.45 bits per heavy atom. The van der Waals surface area contributed by atoms with E-state index in [0.29, 0.717) is 12.8 Å². The third kappa shape index (κ3) is 26.1. The van der Waals surface area contributed by atoms with Crippen LogP contribution in [0.5, 0.6) is 0 Å². The van der Waals surface area contributed by atoms with E-state index in [2.05, 4.69) is 36.5 Å². The van der Waals surface area contributed by atoms with Gasteiger partial charge in [0.25, 0.3) is 0 Å². The van der Waals surface area contributed by atoms with Crippen molar-refractivity contribution in [1.82, 2.24) is 5.32 Å². The van der Waals surface area contributed by atoms with Crippen LogP contribution in [-0.2, 0) is 27.9 Å². The normalized spacial score (nSPS) is 14.1. The molecule has 0 spiro atoms. The van der Waals surface area contributed by atoms with E-state index < -0.39 is 26.5 Å². The Morgan fingerprint density at radius 1 is 0.816 bits per heavy atom. The van der Waals surface area contributed by atoms with Crippen molar-refractivity contribution >= 4 is 19.7 Å². The summed E-state index contributed by atoms with van der Waals surface area (Å²) in [4.78, 5) is 32.7. The number of carbonyl (C=O) groups is 2. The van der Waals surface area contributed by atoms with Crippen molar-refractivity contribution in [2.75, 3.05) is 26.4 Å². The van der Waals surface area contributed by atoms with Crippen LogP contribution >= 0.6 is 7.82 Å². The molecule has 0 aromatic heterocycles. The first-order valence-corrected chi connectivity index (χ1v) is 15.8. The highest BCUT2D eigenvalue weighted by atomic mass is 31.2. The van der Waals surface area contributed by atoms with Crippen molar-refractivity contribution in [3.63, 3.8) is 0 Å². The molecule has 3 N–H and O–H groups in total. The zero-order valence-corrected chi connectivity index (χ0v) is 24.5. The summed E-state index contributed by atoms with van der Waals surface area (Å²) in [5.74, 6) is -0.589. The van der Waals surface area contributed by atoms with Gasteiger partial charge in [-0.1, -0.05) is 76.7 Å². The predicted molar refractivity (Wildman–Crippen MR) is 151 cm³/mol. The van der Waals surface area contributed by atoms with Gasteiger partial charge in [0.2, 0.25) is 5.91 Å². The van der Waals surface area contributed by atoms with Gasteiger partial charge in [-0.25, -0.2) is 4.57 Å². The lowest BCUT2D eigenvalue weighted by atomic mass is 10.1. The Bertz CT molecular complexity index is 698. The molecule has 0 aromatic rings. The fourth-order valence-corrected chi connectivity index (χ4v) is 4.21. The molecular weight excluding hydrogens is 509 g/mol. The van der Waals surface area contributed by atoms with Crippen LogP contribution in [0, 0.1) is 0 Å². The van der Waals surface area contributed by atoms with Crippen LogP contribution in [0.25, 0.3) is 0 Å². The largest absolute Gasteiger partial charge is 0.472 e. The lowest BCUT2D eigenvalue weighted by molar-refractivity contribution is -0.147. The SMILES string of the molecule is CCCCCC/C=C\C/C=C\CCCCCCCC(=O)OCC(O)COP(=O)(O)OCCNC(=O)CCC. The van der Waals surface area contributed by atoms with Gasteiger partial charge in [-0.15, -0.1) is 0 Å². The highest BCUT2D eigenvalue weighted by molar-refractivity contribution is 7.47.